The SMILES string of the molecule is CCOC(=O)C(CCc1ccccc1)N1CCC[C@]1(C(=O)O)C(=O)[C@@H](N)CCCNc1nc2ccccc2s1. The van der Waals surface area contributed by atoms with E-state index in [-0.39, 0.29) is 13.0 Å². The van der Waals surface area contributed by atoms with Crippen molar-refractivity contribution in [1.82, 2.24) is 9.88 Å². The van der Waals surface area contributed by atoms with E-state index in [0.717, 1.165) is 20.9 Å². The van der Waals surface area contributed by atoms with Gasteiger partial charge in [0.05, 0.1) is 22.9 Å². The van der Waals surface area contributed by atoms with Crippen LogP contribution in [-0.4, -0.2) is 70.0 Å². The van der Waals surface area contributed by atoms with Crippen molar-refractivity contribution in [1.29, 1.82) is 0 Å². The van der Waals surface area contributed by atoms with Gasteiger partial charge in [-0.15, -0.1) is 0 Å². The largest absolute Gasteiger partial charge is 0.480 e. The quantitative estimate of drug-likeness (QED) is 0.155. The Labute approximate surface area is 232 Å². The van der Waals surface area contributed by atoms with E-state index in [4.69, 9.17) is 10.5 Å². The molecule has 0 spiro atoms. The number of benzene rings is 2. The summed E-state index contributed by atoms with van der Waals surface area (Å²) in [5, 5.41) is 14.5. The molecule has 0 radical (unpaired) electrons. The summed E-state index contributed by atoms with van der Waals surface area (Å²) in [6, 6.07) is 15.7. The van der Waals surface area contributed by atoms with Crippen molar-refractivity contribution in [2.45, 2.75) is 63.1 Å². The Bertz CT molecular complexity index is 1250. The highest BCUT2D eigenvalue weighted by Crippen LogP contribution is 2.36. The van der Waals surface area contributed by atoms with E-state index < -0.39 is 35.3 Å². The van der Waals surface area contributed by atoms with Crippen LogP contribution in [0.2, 0.25) is 0 Å². The van der Waals surface area contributed by atoms with Crippen molar-refractivity contribution in [2.75, 3.05) is 25.0 Å². The Morgan fingerprint density at radius 2 is 1.90 bits per heavy atom. The predicted octanol–water partition coefficient (Wildman–Crippen LogP) is 3.87. The standard InChI is InChI=1S/C29H36N4O5S/c1-2-38-26(35)23(16-15-20-10-4-3-5-11-20)33-19-9-17-29(33,27(36)37)25(34)21(30)12-8-18-31-28-32-22-13-6-7-14-24(22)39-28/h3-7,10-11,13-14,21,23H,2,8-9,12,15-19,30H2,1H3,(H,31,32)(H,36,37)/t21-,23?,29+/m0/s1. The lowest BCUT2D eigenvalue weighted by atomic mass is 9.84. The maximum Gasteiger partial charge on any atom is 0.332 e. The van der Waals surface area contributed by atoms with Gasteiger partial charge in [0.15, 0.2) is 16.5 Å². The van der Waals surface area contributed by atoms with Crippen molar-refractivity contribution >= 4 is 44.4 Å². The Balaban J connectivity index is 1.43. The summed E-state index contributed by atoms with van der Waals surface area (Å²) in [6.45, 7) is 2.74. The number of carboxylic acids is 1. The molecule has 3 aromatic rings. The van der Waals surface area contributed by atoms with Gasteiger partial charge in [-0.05, 0) is 63.1 Å². The highest BCUT2D eigenvalue weighted by Gasteiger charge is 2.58. The van der Waals surface area contributed by atoms with Crippen LogP contribution in [0.25, 0.3) is 10.2 Å². The number of nitrogens with two attached hydrogens (primary N) is 1. The fourth-order valence-electron chi connectivity index (χ4n) is 5.35. The number of esters is 1. The van der Waals surface area contributed by atoms with E-state index in [0.29, 0.717) is 45.2 Å². The number of ketones is 1. The van der Waals surface area contributed by atoms with Crippen LogP contribution >= 0.6 is 11.3 Å². The molecule has 0 saturated carbocycles. The summed E-state index contributed by atoms with van der Waals surface area (Å²) in [5.74, 6) is -2.33. The molecule has 1 fully saturated rings. The molecule has 0 bridgehead atoms. The van der Waals surface area contributed by atoms with Crippen LogP contribution in [-0.2, 0) is 25.5 Å². The van der Waals surface area contributed by atoms with Crippen molar-refractivity contribution in [3.8, 4) is 0 Å². The summed E-state index contributed by atoms with van der Waals surface area (Å²) in [6.07, 6.45) is 2.35. The lowest BCUT2D eigenvalue weighted by molar-refractivity contribution is -0.163. The highest BCUT2D eigenvalue weighted by molar-refractivity contribution is 7.22. The van der Waals surface area contributed by atoms with Gasteiger partial charge in [0.1, 0.15) is 6.04 Å². The number of Topliss-reactive ketones (excluding diaryl/α,β-unsaturated/α-hetero) is 1. The molecular formula is C29H36N4O5S. The van der Waals surface area contributed by atoms with Crippen LogP contribution in [0.5, 0.6) is 0 Å². The summed E-state index contributed by atoms with van der Waals surface area (Å²) in [4.78, 5) is 45.6. The molecule has 2 aromatic carbocycles. The monoisotopic (exact) mass is 552 g/mol. The molecule has 1 aliphatic rings. The number of nitrogens with zero attached hydrogens (tertiary/aromatic N) is 2. The number of rotatable bonds is 14. The number of nitrogens with one attached hydrogen (secondary N) is 1. The lowest BCUT2D eigenvalue weighted by Gasteiger charge is -2.39. The van der Waals surface area contributed by atoms with Crippen LogP contribution in [0.3, 0.4) is 0 Å². The van der Waals surface area contributed by atoms with Gasteiger partial charge < -0.3 is 20.9 Å². The minimum Gasteiger partial charge on any atom is -0.480 e. The summed E-state index contributed by atoms with van der Waals surface area (Å²) >= 11 is 1.55. The number of ether oxygens (including phenoxy) is 1. The average Bonchev–Trinajstić information content (AvgIpc) is 3.56. The summed E-state index contributed by atoms with van der Waals surface area (Å²) < 4.78 is 6.42. The minimum absolute atomic E-state index is 0.111. The van der Waals surface area contributed by atoms with Crippen molar-refractivity contribution in [3.63, 3.8) is 0 Å². The van der Waals surface area contributed by atoms with E-state index >= 15 is 0 Å². The Morgan fingerprint density at radius 1 is 1.15 bits per heavy atom. The van der Waals surface area contributed by atoms with E-state index in [9.17, 15) is 19.5 Å². The van der Waals surface area contributed by atoms with Crippen LogP contribution < -0.4 is 11.1 Å². The van der Waals surface area contributed by atoms with Gasteiger partial charge in [-0.1, -0.05) is 53.8 Å². The third-order valence-electron chi connectivity index (χ3n) is 7.27. The number of para-hydroxylation sites is 1. The fraction of sp³-hybridized carbons (Fsp3) is 0.448. The molecule has 4 N–H and O–H groups in total. The number of carbonyl (C=O) groups is 3. The van der Waals surface area contributed by atoms with E-state index in [2.05, 4.69) is 10.3 Å². The number of aryl methyl sites for hydroxylation is 1. The van der Waals surface area contributed by atoms with Gasteiger partial charge in [-0.25, -0.2) is 9.78 Å². The first-order chi connectivity index (χ1) is 18.9. The number of hydrogen-bond acceptors (Lipinski definition) is 9. The third kappa shape index (κ3) is 6.46. The number of thiazole rings is 1. The molecule has 0 amide bonds. The predicted molar refractivity (Wildman–Crippen MR) is 152 cm³/mol. The van der Waals surface area contributed by atoms with E-state index in [1.807, 2.05) is 54.6 Å². The second-order valence-electron chi connectivity index (χ2n) is 9.78. The number of likely N-dealkylation sites (tertiary alicyclic amines) is 1. The fourth-order valence-corrected chi connectivity index (χ4v) is 6.24. The Hall–Kier alpha value is -3.34. The van der Waals surface area contributed by atoms with Crippen LogP contribution in [0.15, 0.2) is 54.6 Å². The third-order valence-corrected chi connectivity index (χ3v) is 8.27. The first-order valence-electron chi connectivity index (χ1n) is 13.5. The molecule has 39 heavy (non-hydrogen) atoms. The first kappa shape index (κ1) is 28.7. The Morgan fingerprint density at radius 3 is 2.62 bits per heavy atom. The maximum absolute atomic E-state index is 13.7. The normalized spacial score (nSPS) is 19.0. The number of carboxylic acid groups (broad SMARTS) is 1. The number of fused-ring (bicyclic) bond motifs is 1. The van der Waals surface area contributed by atoms with Crippen LogP contribution in [0.4, 0.5) is 5.13 Å². The van der Waals surface area contributed by atoms with E-state index in [1.54, 1.807) is 18.3 Å². The average molecular weight is 553 g/mol. The second-order valence-corrected chi connectivity index (χ2v) is 10.8. The topological polar surface area (TPSA) is 135 Å². The van der Waals surface area contributed by atoms with Crippen molar-refractivity contribution in [2.24, 2.45) is 5.73 Å². The van der Waals surface area contributed by atoms with Gasteiger partial charge in [-0.2, -0.15) is 0 Å². The number of aliphatic carboxylic acids is 1. The Kier molecular flexibility index (Phi) is 9.66. The van der Waals surface area contributed by atoms with E-state index in [1.165, 1.54) is 4.90 Å². The molecule has 208 valence electrons. The number of aromatic nitrogens is 1. The number of carbonyl (C=O) groups excluding carboxylic acids is 2. The van der Waals surface area contributed by atoms with Crippen LogP contribution in [0, 0.1) is 0 Å². The second kappa shape index (κ2) is 13.1. The number of hydrogen-bond donors (Lipinski definition) is 3. The van der Waals surface area contributed by atoms with Crippen LogP contribution in [0.1, 0.15) is 44.6 Å². The zero-order valence-electron chi connectivity index (χ0n) is 22.2. The molecule has 2 heterocycles. The van der Waals surface area contributed by atoms with Gasteiger partial charge in [0.25, 0.3) is 0 Å². The smallest absolute Gasteiger partial charge is 0.332 e. The molecule has 1 saturated heterocycles. The lowest BCUT2D eigenvalue weighted by Crippen LogP contribution is -2.65. The molecule has 1 aromatic heterocycles. The van der Waals surface area contributed by atoms with Gasteiger partial charge in [-0.3, -0.25) is 14.5 Å². The summed E-state index contributed by atoms with van der Waals surface area (Å²) in [5.41, 5.74) is 6.42. The first-order valence-corrected chi connectivity index (χ1v) is 14.3. The van der Waals surface area contributed by atoms with Gasteiger partial charge in [0, 0.05) is 13.1 Å². The molecule has 10 heteroatoms. The zero-order valence-corrected chi connectivity index (χ0v) is 23.0. The molecule has 1 unspecified atom stereocenters. The maximum atomic E-state index is 13.7. The minimum atomic E-state index is -1.85. The zero-order chi connectivity index (χ0) is 27.8. The van der Waals surface area contributed by atoms with Gasteiger partial charge in [0.2, 0.25) is 0 Å². The number of anilines is 1. The van der Waals surface area contributed by atoms with Gasteiger partial charge >= 0.3 is 11.9 Å². The molecular weight excluding hydrogens is 516 g/mol. The molecule has 9 nitrogen and oxygen atoms in total. The highest BCUT2D eigenvalue weighted by atomic mass is 32.1. The van der Waals surface area contributed by atoms with Crippen molar-refractivity contribution in [3.05, 3.63) is 60.2 Å². The molecule has 1 aliphatic heterocycles. The molecule has 3 atom stereocenters. The summed E-state index contributed by atoms with van der Waals surface area (Å²) in [7, 11) is 0. The molecule has 0 aliphatic carbocycles. The molecule has 4 rings (SSSR count). The van der Waals surface area contributed by atoms with Crippen molar-refractivity contribution < 1.29 is 24.2 Å².